The largest absolute Gasteiger partial charge is 0.352 e. The van der Waals surface area contributed by atoms with E-state index in [-0.39, 0.29) is 0 Å². The molecule has 1 aromatic heterocycles. The molecule has 0 saturated carbocycles. The van der Waals surface area contributed by atoms with E-state index in [1.54, 1.807) is 7.05 Å². The highest BCUT2D eigenvalue weighted by molar-refractivity contribution is 5.83. The van der Waals surface area contributed by atoms with Crippen LogP contribution in [-0.2, 0) is 13.1 Å². The van der Waals surface area contributed by atoms with Crippen molar-refractivity contribution in [3.63, 3.8) is 0 Å². The van der Waals surface area contributed by atoms with Crippen molar-refractivity contribution in [3.05, 3.63) is 77.0 Å². The van der Waals surface area contributed by atoms with E-state index in [4.69, 9.17) is 0 Å². The molecule has 0 aliphatic carbocycles. The Kier molecular flexibility index (Phi) is 5.29. The number of nitrogens with zero attached hydrogens (tertiary/aromatic N) is 2. The fourth-order valence-electron chi connectivity index (χ4n) is 2.93. The Labute approximate surface area is 149 Å². The number of pyridine rings is 1. The molecular formula is C21H24N4. The molecule has 25 heavy (non-hydrogen) atoms. The highest BCUT2D eigenvalue weighted by atomic mass is 15.2. The van der Waals surface area contributed by atoms with E-state index in [1.807, 2.05) is 12.3 Å². The summed E-state index contributed by atoms with van der Waals surface area (Å²) in [5.41, 5.74) is 6.05. The molecule has 0 bridgehead atoms. The molecule has 128 valence electrons. The van der Waals surface area contributed by atoms with E-state index in [0.717, 1.165) is 29.0 Å². The first-order chi connectivity index (χ1) is 12.2. The molecule has 4 nitrogen and oxygen atoms in total. The topological polar surface area (TPSA) is 49.3 Å². The SMILES string of the molecule is CN=C(NCc1ccc(C)cc1C)NCc1cccc2cccnc12. The van der Waals surface area contributed by atoms with E-state index < -0.39 is 0 Å². The van der Waals surface area contributed by atoms with Crippen LogP contribution in [0.15, 0.2) is 59.7 Å². The van der Waals surface area contributed by atoms with Crippen molar-refractivity contribution in [2.24, 2.45) is 4.99 Å². The Balaban J connectivity index is 1.64. The quantitative estimate of drug-likeness (QED) is 0.565. The van der Waals surface area contributed by atoms with Crippen LogP contribution in [0.25, 0.3) is 10.9 Å². The Bertz CT molecular complexity index is 894. The molecule has 0 unspecified atom stereocenters. The van der Waals surface area contributed by atoms with Gasteiger partial charge in [-0.3, -0.25) is 9.98 Å². The summed E-state index contributed by atoms with van der Waals surface area (Å²) in [4.78, 5) is 8.82. The van der Waals surface area contributed by atoms with Gasteiger partial charge in [-0.1, -0.05) is 48.0 Å². The van der Waals surface area contributed by atoms with Crippen LogP contribution in [0.2, 0.25) is 0 Å². The summed E-state index contributed by atoms with van der Waals surface area (Å²) in [5, 5.41) is 7.91. The number of aromatic nitrogens is 1. The third-order valence-electron chi connectivity index (χ3n) is 4.33. The minimum atomic E-state index is 0.681. The molecule has 0 amide bonds. The minimum Gasteiger partial charge on any atom is -0.352 e. The number of hydrogen-bond acceptors (Lipinski definition) is 2. The predicted molar refractivity (Wildman–Crippen MR) is 105 cm³/mol. The maximum Gasteiger partial charge on any atom is 0.191 e. The first-order valence-electron chi connectivity index (χ1n) is 8.50. The number of aliphatic imine (C=N–C) groups is 1. The van der Waals surface area contributed by atoms with Crippen molar-refractivity contribution in [3.8, 4) is 0 Å². The van der Waals surface area contributed by atoms with Crippen LogP contribution in [0, 0.1) is 13.8 Å². The Hall–Kier alpha value is -2.88. The average molecular weight is 332 g/mol. The van der Waals surface area contributed by atoms with Gasteiger partial charge in [0.15, 0.2) is 5.96 Å². The van der Waals surface area contributed by atoms with Crippen LogP contribution in [0.1, 0.15) is 22.3 Å². The second-order valence-corrected chi connectivity index (χ2v) is 6.20. The van der Waals surface area contributed by atoms with Crippen LogP contribution < -0.4 is 10.6 Å². The molecule has 1 heterocycles. The van der Waals surface area contributed by atoms with Crippen LogP contribution in [-0.4, -0.2) is 18.0 Å². The zero-order valence-electron chi connectivity index (χ0n) is 15.0. The molecule has 0 fully saturated rings. The summed E-state index contributed by atoms with van der Waals surface area (Å²) in [5.74, 6) is 0.785. The fourth-order valence-corrected chi connectivity index (χ4v) is 2.93. The zero-order valence-corrected chi connectivity index (χ0v) is 15.0. The standard InChI is InChI=1S/C21H24N4/c1-15-9-10-18(16(2)12-15)13-24-21(22-3)25-14-19-7-4-6-17-8-5-11-23-20(17)19/h4-12H,13-14H2,1-3H3,(H2,22,24,25). The highest BCUT2D eigenvalue weighted by Gasteiger charge is 2.04. The number of hydrogen-bond donors (Lipinski definition) is 2. The molecule has 0 radical (unpaired) electrons. The molecule has 2 aromatic carbocycles. The van der Waals surface area contributed by atoms with Crippen molar-refractivity contribution < 1.29 is 0 Å². The number of fused-ring (bicyclic) bond motifs is 1. The van der Waals surface area contributed by atoms with Crippen LogP contribution in [0.5, 0.6) is 0 Å². The number of guanidine groups is 1. The minimum absolute atomic E-state index is 0.681. The maximum absolute atomic E-state index is 4.50. The Morgan fingerprint density at radius 3 is 2.48 bits per heavy atom. The summed E-state index contributed by atoms with van der Waals surface area (Å²) < 4.78 is 0. The van der Waals surface area contributed by atoms with Gasteiger partial charge in [0, 0.05) is 31.7 Å². The molecule has 3 aromatic rings. The molecule has 2 N–H and O–H groups in total. The lowest BCUT2D eigenvalue weighted by Gasteiger charge is -2.14. The van der Waals surface area contributed by atoms with E-state index in [2.05, 4.69) is 76.9 Å². The average Bonchev–Trinajstić information content (AvgIpc) is 2.63. The highest BCUT2D eigenvalue weighted by Crippen LogP contribution is 2.15. The monoisotopic (exact) mass is 332 g/mol. The number of aryl methyl sites for hydroxylation is 2. The summed E-state index contributed by atoms with van der Waals surface area (Å²) >= 11 is 0. The van der Waals surface area contributed by atoms with E-state index in [1.165, 1.54) is 16.7 Å². The van der Waals surface area contributed by atoms with Gasteiger partial charge < -0.3 is 10.6 Å². The number of nitrogens with one attached hydrogen (secondary N) is 2. The normalized spacial score (nSPS) is 11.6. The third-order valence-corrected chi connectivity index (χ3v) is 4.33. The molecule has 0 atom stereocenters. The molecule has 3 rings (SSSR count). The Morgan fingerprint density at radius 1 is 0.960 bits per heavy atom. The van der Waals surface area contributed by atoms with Crippen molar-refractivity contribution in [1.82, 2.24) is 15.6 Å². The van der Waals surface area contributed by atoms with Gasteiger partial charge in [-0.25, -0.2) is 0 Å². The molecule has 0 spiro atoms. The van der Waals surface area contributed by atoms with Gasteiger partial charge >= 0.3 is 0 Å². The molecule has 0 aliphatic rings. The molecular weight excluding hydrogens is 308 g/mol. The van der Waals surface area contributed by atoms with E-state index in [9.17, 15) is 0 Å². The van der Waals surface area contributed by atoms with E-state index >= 15 is 0 Å². The van der Waals surface area contributed by atoms with Gasteiger partial charge in [-0.2, -0.15) is 0 Å². The summed E-state index contributed by atoms with van der Waals surface area (Å²) in [6, 6.07) is 16.8. The van der Waals surface area contributed by atoms with Gasteiger partial charge in [0.05, 0.1) is 5.52 Å². The molecule has 0 aliphatic heterocycles. The van der Waals surface area contributed by atoms with Crippen molar-refractivity contribution >= 4 is 16.9 Å². The molecule has 4 heteroatoms. The summed E-state index contributed by atoms with van der Waals surface area (Å²) in [6.45, 7) is 5.69. The summed E-state index contributed by atoms with van der Waals surface area (Å²) in [7, 11) is 1.79. The van der Waals surface area contributed by atoms with Gasteiger partial charge in [-0.15, -0.1) is 0 Å². The van der Waals surface area contributed by atoms with Gasteiger partial charge in [0.25, 0.3) is 0 Å². The van der Waals surface area contributed by atoms with Crippen LogP contribution in [0.4, 0.5) is 0 Å². The van der Waals surface area contributed by atoms with Crippen LogP contribution >= 0.6 is 0 Å². The second kappa shape index (κ2) is 7.79. The van der Waals surface area contributed by atoms with Gasteiger partial charge in [0.1, 0.15) is 0 Å². The zero-order chi connectivity index (χ0) is 17.6. The fraction of sp³-hybridized carbons (Fsp3) is 0.238. The summed E-state index contributed by atoms with van der Waals surface area (Å²) in [6.07, 6.45) is 1.83. The first-order valence-corrected chi connectivity index (χ1v) is 8.50. The number of benzene rings is 2. The van der Waals surface area contributed by atoms with Gasteiger partial charge in [-0.05, 0) is 36.6 Å². The van der Waals surface area contributed by atoms with Crippen molar-refractivity contribution in [2.45, 2.75) is 26.9 Å². The van der Waals surface area contributed by atoms with Crippen LogP contribution in [0.3, 0.4) is 0 Å². The lowest BCUT2D eigenvalue weighted by atomic mass is 10.1. The predicted octanol–water partition coefficient (Wildman–Crippen LogP) is 3.72. The smallest absolute Gasteiger partial charge is 0.191 e. The number of para-hydroxylation sites is 1. The maximum atomic E-state index is 4.50. The van der Waals surface area contributed by atoms with Gasteiger partial charge in [0.2, 0.25) is 0 Å². The first kappa shape index (κ1) is 17.0. The second-order valence-electron chi connectivity index (χ2n) is 6.20. The number of rotatable bonds is 4. The lowest BCUT2D eigenvalue weighted by Crippen LogP contribution is -2.36. The van der Waals surface area contributed by atoms with E-state index in [0.29, 0.717) is 6.54 Å². The molecule has 0 saturated heterocycles. The third kappa shape index (κ3) is 4.15. The lowest BCUT2D eigenvalue weighted by molar-refractivity contribution is 0.808. The van der Waals surface area contributed by atoms with Crippen molar-refractivity contribution in [2.75, 3.05) is 7.05 Å². The Morgan fingerprint density at radius 2 is 1.72 bits per heavy atom. The van der Waals surface area contributed by atoms with Crippen molar-refractivity contribution in [1.29, 1.82) is 0 Å².